The van der Waals surface area contributed by atoms with Crippen LogP contribution in [0.25, 0.3) is 0 Å². The van der Waals surface area contributed by atoms with E-state index in [-0.39, 0.29) is 5.97 Å². The van der Waals surface area contributed by atoms with Crippen LogP contribution in [0.2, 0.25) is 0 Å². The summed E-state index contributed by atoms with van der Waals surface area (Å²) in [5.41, 5.74) is 7.29. The average Bonchev–Trinajstić information content (AvgIpc) is 2.47. The predicted octanol–water partition coefficient (Wildman–Crippen LogP) is 1.56. The number of hydrogen-bond donors (Lipinski definition) is 1. The zero-order chi connectivity index (χ0) is 13.7. The summed E-state index contributed by atoms with van der Waals surface area (Å²) in [5.74, 6) is -0.304. The Hall–Kier alpha value is -1.70. The molecule has 2 rings (SSSR count). The molecular formula is C15H16NO2P. The van der Waals surface area contributed by atoms with Gasteiger partial charge in [0, 0.05) is 6.54 Å². The first kappa shape index (κ1) is 13.7. The van der Waals surface area contributed by atoms with Gasteiger partial charge in [-0.15, -0.1) is 0 Å². The summed E-state index contributed by atoms with van der Waals surface area (Å²) in [6, 6.07) is 15.7. The van der Waals surface area contributed by atoms with E-state index < -0.39 is 0 Å². The maximum Gasteiger partial charge on any atom is 0.338 e. The fourth-order valence-corrected chi connectivity index (χ4v) is 3.03. The number of nitrogens with two attached hydrogens (primary N) is 1. The molecule has 2 aromatic carbocycles. The Kier molecular flexibility index (Phi) is 4.67. The molecule has 0 aromatic heterocycles. The number of benzene rings is 2. The highest BCUT2D eigenvalue weighted by atomic mass is 31.1. The van der Waals surface area contributed by atoms with Gasteiger partial charge in [0.25, 0.3) is 0 Å². The van der Waals surface area contributed by atoms with E-state index in [1.165, 1.54) is 12.4 Å². The van der Waals surface area contributed by atoms with Crippen molar-refractivity contribution in [3.8, 4) is 0 Å². The van der Waals surface area contributed by atoms with Crippen LogP contribution in [0.3, 0.4) is 0 Å². The first-order valence-corrected chi connectivity index (χ1v) is 6.98. The summed E-state index contributed by atoms with van der Waals surface area (Å²) in [4.78, 5) is 11.8. The Morgan fingerprint density at radius 3 is 2.58 bits per heavy atom. The summed E-state index contributed by atoms with van der Waals surface area (Å²) in [6.45, 7) is 0.466. The Labute approximate surface area is 114 Å². The summed E-state index contributed by atoms with van der Waals surface area (Å²) in [5, 5.41) is 2.16. The molecule has 0 aliphatic rings. The molecule has 2 aromatic rings. The van der Waals surface area contributed by atoms with E-state index in [1.54, 1.807) is 6.07 Å². The van der Waals surface area contributed by atoms with Crippen molar-refractivity contribution in [3.63, 3.8) is 0 Å². The minimum atomic E-state index is -0.304. The number of rotatable bonds is 4. The van der Waals surface area contributed by atoms with Crippen molar-refractivity contribution in [2.45, 2.75) is 6.54 Å². The lowest BCUT2D eigenvalue weighted by Gasteiger charge is -2.10. The Morgan fingerprint density at radius 1 is 1.21 bits per heavy atom. The van der Waals surface area contributed by atoms with E-state index in [2.05, 4.69) is 12.1 Å². The van der Waals surface area contributed by atoms with Gasteiger partial charge in [-0.3, -0.25) is 0 Å². The summed E-state index contributed by atoms with van der Waals surface area (Å²) in [7, 11) is 1.81. The molecule has 4 heteroatoms. The molecule has 19 heavy (non-hydrogen) atoms. The van der Waals surface area contributed by atoms with Crippen LogP contribution in [0.15, 0.2) is 48.5 Å². The number of hydrogen-bond acceptors (Lipinski definition) is 3. The van der Waals surface area contributed by atoms with Crippen molar-refractivity contribution >= 4 is 25.2 Å². The molecule has 0 bridgehead atoms. The highest BCUT2D eigenvalue weighted by molar-refractivity contribution is 7.55. The normalized spacial score (nSPS) is 10.8. The van der Waals surface area contributed by atoms with Crippen LogP contribution in [-0.2, 0) is 11.3 Å². The van der Waals surface area contributed by atoms with Crippen molar-refractivity contribution in [2.75, 3.05) is 7.11 Å². The van der Waals surface area contributed by atoms with Crippen LogP contribution < -0.4 is 16.3 Å². The van der Waals surface area contributed by atoms with Crippen molar-refractivity contribution in [3.05, 3.63) is 59.7 Å². The van der Waals surface area contributed by atoms with Gasteiger partial charge in [0.1, 0.15) is 0 Å². The Balaban J connectivity index is 2.38. The second-order valence-corrected chi connectivity index (χ2v) is 5.43. The standard InChI is InChI=1S/C15H16NO2P/c1-18-15(17)13-8-7-11(10-16)9-14(13)19-12-5-3-2-4-6-12/h2-9,19H,10,16H2,1H3. The highest BCUT2D eigenvalue weighted by Crippen LogP contribution is 2.16. The molecule has 0 heterocycles. The molecule has 0 fully saturated rings. The minimum Gasteiger partial charge on any atom is -0.465 e. The van der Waals surface area contributed by atoms with Crippen LogP contribution in [-0.4, -0.2) is 13.1 Å². The van der Waals surface area contributed by atoms with Crippen molar-refractivity contribution in [1.82, 2.24) is 0 Å². The second-order valence-electron chi connectivity index (χ2n) is 4.07. The van der Waals surface area contributed by atoms with E-state index in [0.717, 1.165) is 10.9 Å². The van der Waals surface area contributed by atoms with Gasteiger partial charge < -0.3 is 10.5 Å². The largest absolute Gasteiger partial charge is 0.465 e. The van der Waals surface area contributed by atoms with Gasteiger partial charge in [-0.2, -0.15) is 0 Å². The zero-order valence-corrected chi connectivity index (χ0v) is 11.7. The predicted molar refractivity (Wildman–Crippen MR) is 79.7 cm³/mol. The van der Waals surface area contributed by atoms with E-state index >= 15 is 0 Å². The van der Waals surface area contributed by atoms with E-state index in [0.29, 0.717) is 20.7 Å². The fourth-order valence-electron chi connectivity index (χ4n) is 1.79. The van der Waals surface area contributed by atoms with Gasteiger partial charge >= 0.3 is 5.97 Å². The summed E-state index contributed by atoms with van der Waals surface area (Å²) < 4.78 is 4.82. The molecule has 0 radical (unpaired) electrons. The molecule has 1 unspecified atom stereocenters. The molecule has 2 N–H and O–H groups in total. The number of methoxy groups -OCH3 is 1. The Morgan fingerprint density at radius 2 is 1.95 bits per heavy atom. The van der Waals surface area contributed by atoms with Gasteiger partial charge in [0.2, 0.25) is 0 Å². The van der Waals surface area contributed by atoms with Gasteiger partial charge in [-0.1, -0.05) is 45.0 Å². The third kappa shape index (κ3) is 3.40. The highest BCUT2D eigenvalue weighted by Gasteiger charge is 2.12. The maximum absolute atomic E-state index is 11.8. The van der Waals surface area contributed by atoms with Crippen LogP contribution in [0, 0.1) is 0 Å². The van der Waals surface area contributed by atoms with Crippen molar-refractivity contribution in [2.24, 2.45) is 5.73 Å². The Bertz CT molecular complexity index is 570. The first-order valence-electron chi connectivity index (χ1n) is 5.98. The van der Waals surface area contributed by atoms with E-state index in [4.69, 9.17) is 10.5 Å². The topological polar surface area (TPSA) is 52.3 Å². The quantitative estimate of drug-likeness (QED) is 0.679. The van der Waals surface area contributed by atoms with Gasteiger partial charge in [0.15, 0.2) is 0 Å². The van der Waals surface area contributed by atoms with Crippen LogP contribution in [0.4, 0.5) is 0 Å². The average molecular weight is 273 g/mol. The van der Waals surface area contributed by atoms with Gasteiger partial charge in [0.05, 0.1) is 12.7 Å². The fraction of sp³-hybridized carbons (Fsp3) is 0.133. The monoisotopic (exact) mass is 273 g/mol. The SMILES string of the molecule is COC(=O)c1ccc(CN)cc1Pc1ccccc1. The molecule has 0 saturated carbocycles. The molecule has 98 valence electrons. The van der Waals surface area contributed by atoms with E-state index in [9.17, 15) is 4.79 Å². The number of carbonyl (C=O) groups excluding carboxylic acids is 1. The number of esters is 1. The maximum atomic E-state index is 11.8. The lowest BCUT2D eigenvalue weighted by molar-refractivity contribution is 0.0602. The second kappa shape index (κ2) is 6.46. The first-order chi connectivity index (χ1) is 9.24. The van der Waals surface area contributed by atoms with Crippen LogP contribution >= 0.6 is 8.58 Å². The third-order valence-electron chi connectivity index (χ3n) is 2.78. The summed E-state index contributed by atoms with van der Waals surface area (Å²) >= 11 is 0. The molecular weight excluding hydrogens is 257 g/mol. The lowest BCUT2D eigenvalue weighted by atomic mass is 10.1. The van der Waals surface area contributed by atoms with Crippen LogP contribution in [0.5, 0.6) is 0 Å². The minimum absolute atomic E-state index is 0.304. The molecule has 0 amide bonds. The molecule has 0 aliphatic heterocycles. The zero-order valence-electron chi connectivity index (χ0n) is 10.7. The molecule has 1 atom stereocenters. The lowest BCUT2D eigenvalue weighted by Crippen LogP contribution is -2.16. The smallest absolute Gasteiger partial charge is 0.338 e. The summed E-state index contributed by atoms with van der Waals surface area (Å²) in [6.07, 6.45) is 0. The number of ether oxygens (including phenoxy) is 1. The van der Waals surface area contributed by atoms with Crippen molar-refractivity contribution < 1.29 is 9.53 Å². The van der Waals surface area contributed by atoms with E-state index in [1.807, 2.05) is 30.3 Å². The molecule has 3 nitrogen and oxygen atoms in total. The molecule has 0 saturated heterocycles. The molecule has 0 spiro atoms. The third-order valence-corrected chi connectivity index (χ3v) is 4.08. The van der Waals surface area contributed by atoms with Gasteiger partial charge in [-0.25, -0.2) is 4.79 Å². The van der Waals surface area contributed by atoms with Gasteiger partial charge in [-0.05, 0) is 28.3 Å². The molecule has 0 aliphatic carbocycles. The van der Waals surface area contributed by atoms with Crippen molar-refractivity contribution in [1.29, 1.82) is 0 Å². The van der Waals surface area contributed by atoms with Crippen LogP contribution in [0.1, 0.15) is 15.9 Å². The number of carbonyl (C=O) groups is 1.